The molecule has 2 atom stereocenters. The van der Waals surface area contributed by atoms with Crippen LogP contribution in [0.2, 0.25) is 0 Å². The molecule has 1 saturated heterocycles. The van der Waals surface area contributed by atoms with Crippen LogP contribution in [0.3, 0.4) is 0 Å². The topological polar surface area (TPSA) is 93.4 Å². The van der Waals surface area contributed by atoms with Gasteiger partial charge in [0.1, 0.15) is 11.6 Å². The largest absolute Gasteiger partial charge is 0.444 e. The molecule has 186 valence electrons. The molecule has 0 radical (unpaired) electrons. The van der Waals surface area contributed by atoms with Crippen LogP contribution in [-0.2, 0) is 17.3 Å². The van der Waals surface area contributed by atoms with Crippen molar-refractivity contribution in [2.75, 3.05) is 13.1 Å². The number of likely N-dealkylation sites (tertiary alicyclic amines) is 1. The molecular weight excluding hydrogens is 463 g/mol. The van der Waals surface area contributed by atoms with Gasteiger partial charge in [-0.2, -0.15) is 18.0 Å². The number of hydrogen-bond donors (Lipinski definition) is 1. The smallest absolute Gasteiger partial charge is 0.416 e. The summed E-state index contributed by atoms with van der Waals surface area (Å²) in [6.45, 7) is 5.55. The minimum absolute atomic E-state index is 0.0843. The van der Waals surface area contributed by atoms with Crippen LogP contribution in [0.1, 0.15) is 43.5 Å². The van der Waals surface area contributed by atoms with Gasteiger partial charge in [-0.25, -0.2) is 4.79 Å². The van der Waals surface area contributed by atoms with Crippen LogP contribution in [0, 0.1) is 0 Å². The van der Waals surface area contributed by atoms with Crippen LogP contribution in [-0.4, -0.2) is 61.1 Å². The normalized spacial score (nSPS) is 18.7. The van der Waals surface area contributed by atoms with E-state index < -0.39 is 35.6 Å². The summed E-state index contributed by atoms with van der Waals surface area (Å²) in [6.07, 6.45) is -5.43. The molecule has 8 nitrogen and oxygen atoms in total. The molecular formula is C24H26F3N5O3. The minimum atomic E-state index is -4.39. The molecule has 1 aromatic heterocycles. The van der Waals surface area contributed by atoms with Crippen LogP contribution in [0.5, 0.6) is 0 Å². The number of rotatable bonds is 4. The summed E-state index contributed by atoms with van der Waals surface area (Å²) >= 11 is 0. The molecule has 4 rings (SSSR count). The van der Waals surface area contributed by atoms with E-state index in [0.29, 0.717) is 23.4 Å². The van der Waals surface area contributed by atoms with Gasteiger partial charge in [-0.15, -0.1) is 10.2 Å². The number of carbonyl (C=O) groups excluding carboxylic acids is 1. The van der Waals surface area contributed by atoms with Crippen molar-refractivity contribution < 1.29 is 27.8 Å². The number of amides is 1. The van der Waals surface area contributed by atoms with Crippen LogP contribution in [0.4, 0.5) is 18.0 Å². The average Bonchev–Trinajstić information content (AvgIpc) is 3.39. The van der Waals surface area contributed by atoms with Gasteiger partial charge in [0.05, 0.1) is 24.8 Å². The predicted octanol–water partition coefficient (Wildman–Crippen LogP) is 4.10. The first kappa shape index (κ1) is 24.6. The number of alkyl halides is 3. The van der Waals surface area contributed by atoms with Gasteiger partial charge in [-0.1, -0.05) is 36.4 Å². The number of aliphatic hydroxyl groups is 1. The van der Waals surface area contributed by atoms with E-state index in [1.165, 1.54) is 21.8 Å². The lowest BCUT2D eigenvalue weighted by Crippen LogP contribution is -2.36. The Morgan fingerprint density at radius 2 is 1.77 bits per heavy atom. The first-order chi connectivity index (χ1) is 16.4. The summed E-state index contributed by atoms with van der Waals surface area (Å²) in [6, 6.07) is 11.7. The standard InChI is InChI=1S/C24H26F3N5O3/c1-23(2,3)35-22(34)31-13-19(20(33)14-31)32-29-21(28-30-32)18-7-5-4-6-16(18)12-15-8-10-17(11-9-15)24(25,26)27/h4-11,19-20,33H,12-14H2,1-3H3/t19-,20-/m1/s1. The van der Waals surface area contributed by atoms with Crippen molar-refractivity contribution >= 4 is 6.09 Å². The van der Waals surface area contributed by atoms with Crippen molar-refractivity contribution in [3.05, 3.63) is 65.2 Å². The van der Waals surface area contributed by atoms with E-state index in [1.807, 2.05) is 12.1 Å². The molecule has 1 N–H and O–H groups in total. The van der Waals surface area contributed by atoms with Crippen molar-refractivity contribution in [2.45, 2.75) is 51.1 Å². The molecule has 11 heteroatoms. The van der Waals surface area contributed by atoms with Gasteiger partial charge < -0.3 is 14.7 Å². The zero-order chi connectivity index (χ0) is 25.4. The number of β-amino-alcohol motifs (C(OH)–C–C–N with tert-alkyl or cyclic N) is 1. The van der Waals surface area contributed by atoms with Crippen molar-refractivity contribution in [3.63, 3.8) is 0 Å². The molecule has 0 saturated carbocycles. The Labute approximate surface area is 200 Å². The Balaban J connectivity index is 1.51. The number of ether oxygens (including phenoxy) is 1. The zero-order valence-electron chi connectivity index (χ0n) is 19.5. The predicted molar refractivity (Wildman–Crippen MR) is 120 cm³/mol. The minimum Gasteiger partial charge on any atom is -0.444 e. The molecule has 0 unspecified atom stereocenters. The van der Waals surface area contributed by atoms with E-state index in [0.717, 1.165) is 17.7 Å². The van der Waals surface area contributed by atoms with Crippen LogP contribution in [0.25, 0.3) is 11.4 Å². The average molecular weight is 489 g/mol. The van der Waals surface area contributed by atoms with Crippen LogP contribution >= 0.6 is 0 Å². The highest BCUT2D eigenvalue weighted by Crippen LogP contribution is 2.30. The van der Waals surface area contributed by atoms with Crippen molar-refractivity contribution in [1.82, 2.24) is 25.1 Å². The highest BCUT2D eigenvalue weighted by molar-refractivity contribution is 5.68. The fourth-order valence-corrected chi connectivity index (χ4v) is 3.87. The quantitative estimate of drug-likeness (QED) is 0.593. The Morgan fingerprint density at radius 1 is 1.09 bits per heavy atom. The fourth-order valence-electron chi connectivity index (χ4n) is 3.87. The molecule has 0 spiro atoms. The highest BCUT2D eigenvalue weighted by atomic mass is 19.4. The van der Waals surface area contributed by atoms with Gasteiger partial charge in [-0.3, -0.25) is 0 Å². The summed E-state index contributed by atoms with van der Waals surface area (Å²) < 4.78 is 44.0. The second-order valence-corrected chi connectivity index (χ2v) is 9.48. The van der Waals surface area contributed by atoms with E-state index in [4.69, 9.17) is 4.74 Å². The second-order valence-electron chi connectivity index (χ2n) is 9.48. The van der Waals surface area contributed by atoms with E-state index in [2.05, 4.69) is 15.4 Å². The van der Waals surface area contributed by atoms with Gasteiger partial charge in [-0.05, 0) is 55.7 Å². The summed E-state index contributed by atoms with van der Waals surface area (Å²) in [5.74, 6) is 0.315. The monoisotopic (exact) mass is 489 g/mol. The molecule has 1 fully saturated rings. The van der Waals surface area contributed by atoms with Crippen LogP contribution in [0.15, 0.2) is 48.5 Å². The van der Waals surface area contributed by atoms with Gasteiger partial charge in [0.15, 0.2) is 0 Å². The lowest BCUT2D eigenvalue weighted by Gasteiger charge is -2.24. The van der Waals surface area contributed by atoms with Crippen molar-refractivity contribution in [2.24, 2.45) is 0 Å². The van der Waals surface area contributed by atoms with Crippen LogP contribution < -0.4 is 0 Å². The van der Waals surface area contributed by atoms with Crippen molar-refractivity contribution in [3.8, 4) is 11.4 Å². The first-order valence-corrected chi connectivity index (χ1v) is 11.1. The molecule has 0 aliphatic carbocycles. The molecule has 1 aliphatic rings. The number of aliphatic hydroxyl groups excluding tert-OH is 1. The maximum atomic E-state index is 12.9. The summed E-state index contributed by atoms with van der Waals surface area (Å²) in [7, 11) is 0. The van der Waals surface area contributed by atoms with E-state index in [1.54, 1.807) is 32.9 Å². The Bertz CT molecular complexity index is 1190. The third kappa shape index (κ3) is 5.79. The molecule has 1 aliphatic heterocycles. The number of halogens is 3. The number of hydrogen-bond acceptors (Lipinski definition) is 6. The lowest BCUT2D eigenvalue weighted by atomic mass is 9.98. The Morgan fingerprint density at radius 3 is 2.43 bits per heavy atom. The molecule has 2 aromatic carbocycles. The maximum Gasteiger partial charge on any atom is 0.416 e. The Hall–Kier alpha value is -3.47. The molecule has 1 amide bonds. The SMILES string of the molecule is CC(C)(C)OC(=O)N1C[C@@H](O)[C@H](n2nnc(-c3ccccc3Cc3ccc(C(F)(F)F)cc3)n2)C1. The number of benzene rings is 2. The number of nitrogens with zero attached hydrogens (tertiary/aromatic N) is 5. The molecule has 3 aromatic rings. The van der Waals surface area contributed by atoms with Gasteiger partial charge >= 0.3 is 12.3 Å². The van der Waals surface area contributed by atoms with Gasteiger partial charge in [0, 0.05) is 5.56 Å². The Kier molecular flexibility index (Phi) is 6.54. The highest BCUT2D eigenvalue weighted by Gasteiger charge is 2.39. The fraction of sp³-hybridized carbons (Fsp3) is 0.417. The first-order valence-electron chi connectivity index (χ1n) is 11.1. The van der Waals surface area contributed by atoms with Gasteiger partial charge in [0.25, 0.3) is 0 Å². The van der Waals surface area contributed by atoms with E-state index in [9.17, 15) is 23.1 Å². The van der Waals surface area contributed by atoms with Gasteiger partial charge in [0.2, 0.25) is 5.82 Å². The summed E-state index contributed by atoms with van der Waals surface area (Å²) in [5, 5.41) is 23.2. The third-order valence-electron chi connectivity index (χ3n) is 5.57. The number of aromatic nitrogens is 4. The summed E-state index contributed by atoms with van der Waals surface area (Å²) in [5.41, 5.74) is 0.839. The van der Waals surface area contributed by atoms with E-state index in [-0.39, 0.29) is 13.1 Å². The maximum absolute atomic E-state index is 12.9. The zero-order valence-corrected chi connectivity index (χ0v) is 19.5. The summed E-state index contributed by atoms with van der Waals surface area (Å²) in [4.78, 5) is 15.1. The van der Waals surface area contributed by atoms with E-state index >= 15 is 0 Å². The number of tetrazole rings is 1. The lowest BCUT2D eigenvalue weighted by molar-refractivity contribution is -0.137. The second kappa shape index (κ2) is 9.29. The third-order valence-corrected chi connectivity index (χ3v) is 5.57. The molecule has 2 heterocycles. The molecule has 35 heavy (non-hydrogen) atoms. The van der Waals surface area contributed by atoms with Crippen molar-refractivity contribution in [1.29, 1.82) is 0 Å². The molecule has 0 bridgehead atoms. The number of carbonyl (C=O) groups is 1.